The van der Waals surface area contributed by atoms with Crippen LogP contribution < -0.4 is 5.32 Å². The minimum atomic E-state index is -3.89. The van der Waals surface area contributed by atoms with Crippen LogP contribution in [0.1, 0.15) is 5.01 Å². The first-order chi connectivity index (χ1) is 12.5. The number of fused-ring (bicyclic) bond motifs is 1. The standard InChI is InChI=1S/C15H18ClN3O5S3/c1-9-17-12-4-3-10(5-14(12)25-9)27(23,24)19(2)6-15(20)18-13-8-26(21,22)7-11(13)16/h3-5,11,13H,6-8H2,1-2H3,(H,18,20). The Morgan fingerprint density at radius 2 is 2.11 bits per heavy atom. The van der Waals surface area contributed by atoms with E-state index in [1.165, 1.54) is 30.5 Å². The second-order valence-electron chi connectivity index (χ2n) is 6.39. The first-order valence-corrected chi connectivity index (χ1v) is 12.5. The molecule has 0 aliphatic carbocycles. The van der Waals surface area contributed by atoms with Crippen LogP contribution in [-0.2, 0) is 24.7 Å². The maximum atomic E-state index is 12.7. The third kappa shape index (κ3) is 4.43. The van der Waals surface area contributed by atoms with Crippen molar-refractivity contribution in [1.29, 1.82) is 0 Å². The van der Waals surface area contributed by atoms with Crippen LogP contribution >= 0.6 is 22.9 Å². The van der Waals surface area contributed by atoms with Crippen molar-refractivity contribution in [2.24, 2.45) is 0 Å². The molecule has 2 atom stereocenters. The van der Waals surface area contributed by atoms with Gasteiger partial charge in [-0.05, 0) is 25.1 Å². The fourth-order valence-corrected chi connectivity index (χ4v) is 7.48. The monoisotopic (exact) mass is 451 g/mol. The first-order valence-electron chi connectivity index (χ1n) is 7.95. The second kappa shape index (κ2) is 7.28. The molecule has 1 N–H and O–H groups in total. The second-order valence-corrected chi connectivity index (χ2v) is 12.4. The van der Waals surface area contributed by atoms with Crippen LogP contribution in [0.25, 0.3) is 10.2 Å². The smallest absolute Gasteiger partial charge is 0.243 e. The van der Waals surface area contributed by atoms with E-state index in [1.54, 1.807) is 6.07 Å². The zero-order valence-corrected chi connectivity index (χ0v) is 17.8. The molecule has 2 unspecified atom stereocenters. The Kier molecular flexibility index (Phi) is 5.52. The molecule has 0 spiro atoms. The van der Waals surface area contributed by atoms with Gasteiger partial charge in [0.25, 0.3) is 0 Å². The van der Waals surface area contributed by atoms with Gasteiger partial charge in [-0.2, -0.15) is 4.31 Å². The molecule has 148 valence electrons. The molecular weight excluding hydrogens is 434 g/mol. The van der Waals surface area contributed by atoms with Crippen molar-refractivity contribution in [2.45, 2.75) is 23.2 Å². The highest BCUT2D eigenvalue weighted by Crippen LogP contribution is 2.26. The van der Waals surface area contributed by atoms with Crippen LogP contribution in [0.5, 0.6) is 0 Å². The number of benzene rings is 1. The van der Waals surface area contributed by atoms with Crippen LogP contribution in [0.15, 0.2) is 23.1 Å². The summed E-state index contributed by atoms with van der Waals surface area (Å²) in [4.78, 5) is 16.5. The Morgan fingerprint density at radius 3 is 2.74 bits per heavy atom. The van der Waals surface area contributed by atoms with Crippen LogP contribution in [0.3, 0.4) is 0 Å². The molecule has 0 bridgehead atoms. The zero-order valence-electron chi connectivity index (χ0n) is 14.5. The number of nitrogens with zero attached hydrogens (tertiary/aromatic N) is 2. The van der Waals surface area contributed by atoms with Gasteiger partial charge in [-0.25, -0.2) is 21.8 Å². The number of amides is 1. The molecule has 0 saturated carbocycles. The average molecular weight is 452 g/mol. The number of sulfonamides is 1. The predicted octanol–water partition coefficient (Wildman–Crippen LogP) is 0.746. The van der Waals surface area contributed by atoms with Gasteiger partial charge >= 0.3 is 0 Å². The van der Waals surface area contributed by atoms with E-state index >= 15 is 0 Å². The lowest BCUT2D eigenvalue weighted by molar-refractivity contribution is -0.121. The molecule has 27 heavy (non-hydrogen) atoms. The van der Waals surface area contributed by atoms with Gasteiger partial charge in [0.15, 0.2) is 9.84 Å². The van der Waals surface area contributed by atoms with Gasteiger partial charge in [0.05, 0.1) is 49.6 Å². The van der Waals surface area contributed by atoms with Crippen molar-refractivity contribution in [3.05, 3.63) is 23.2 Å². The van der Waals surface area contributed by atoms with Gasteiger partial charge in [-0.15, -0.1) is 22.9 Å². The SMILES string of the molecule is Cc1nc2ccc(S(=O)(=O)N(C)CC(=O)NC3CS(=O)(=O)CC3Cl)cc2s1. The number of sulfone groups is 1. The maximum absolute atomic E-state index is 12.7. The third-order valence-electron chi connectivity index (χ3n) is 4.17. The van der Waals surface area contributed by atoms with E-state index in [-0.39, 0.29) is 16.4 Å². The summed E-state index contributed by atoms with van der Waals surface area (Å²) in [6.45, 7) is 1.39. The predicted molar refractivity (Wildman–Crippen MR) is 104 cm³/mol. The number of nitrogens with one attached hydrogen (secondary N) is 1. The minimum Gasteiger partial charge on any atom is -0.350 e. The number of carbonyl (C=O) groups is 1. The van der Waals surface area contributed by atoms with Crippen LogP contribution in [0.2, 0.25) is 0 Å². The highest BCUT2D eigenvalue weighted by molar-refractivity contribution is 7.91. The summed E-state index contributed by atoms with van der Waals surface area (Å²) in [5.41, 5.74) is 0.715. The molecular formula is C15H18ClN3O5S3. The number of hydrogen-bond acceptors (Lipinski definition) is 7. The summed E-state index contributed by atoms with van der Waals surface area (Å²) in [7, 11) is -5.89. The Hall–Kier alpha value is -1.27. The molecule has 1 amide bonds. The molecule has 1 saturated heterocycles. The maximum Gasteiger partial charge on any atom is 0.243 e. The van der Waals surface area contributed by atoms with E-state index in [9.17, 15) is 21.6 Å². The normalized spacial score (nSPS) is 22.4. The van der Waals surface area contributed by atoms with Crippen molar-refractivity contribution < 1.29 is 21.6 Å². The van der Waals surface area contributed by atoms with Crippen LogP contribution in [0, 0.1) is 6.92 Å². The third-order valence-corrected chi connectivity index (χ3v) is 9.28. The molecule has 1 aromatic heterocycles. The summed E-state index contributed by atoms with van der Waals surface area (Å²) in [6, 6.07) is 3.88. The van der Waals surface area contributed by atoms with E-state index < -0.39 is 43.7 Å². The number of likely N-dealkylation sites (N-methyl/N-ethyl adjacent to an activating group) is 1. The molecule has 2 aromatic rings. The number of aromatic nitrogens is 1. The van der Waals surface area contributed by atoms with E-state index in [2.05, 4.69) is 10.3 Å². The lowest BCUT2D eigenvalue weighted by atomic mass is 10.2. The fourth-order valence-electron chi connectivity index (χ4n) is 2.84. The lowest BCUT2D eigenvalue weighted by Gasteiger charge is -2.19. The summed E-state index contributed by atoms with van der Waals surface area (Å²) in [6.07, 6.45) is 0. The highest BCUT2D eigenvalue weighted by atomic mass is 35.5. The van der Waals surface area contributed by atoms with E-state index in [4.69, 9.17) is 11.6 Å². The van der Waals surface area contributed by atoms with Gasteiger partial charge < -0.3 is 5.32 Å². The highest BCUT2D eigenvalue weighted by Gasteiger charge is 2.37. The van der Waals surface area contributed by atoms with Crippen LogP contribution in [-0.4, -0.2) is 68.5 Å². The molecule has 8 nitrogen and oxygen atoms in total. The molecule has 3 rings (SSSR count). The van der Waals surface area contributed by atoms with Crippen molar-refractivity contribution in [3.63, 3.8) is 0 Å². The van der Waals surface area contributed by atoms with Gasteiger partial charge in [-0.1, -0.05) is 0 Å². The molecule has 1 aliphatic rings. The lowest BCUT2D eigenvalue weighted by Crippen LogP contribution is -2.45. The largest absolute Gasteiger partial charge is 0.350 e. The molecule has 1 fully saturated rings. The van der Waals surface area contributed by atoms with Gasteiger partial charge in [0, 0.05) is 7.05 Å². The Morgan fingerprint density at radius 1 is 1.41 bits per heavy atom. The van der Waals surface area contributed by atoms with Crippen molar-refractivity contribution in [1.82, 2.24) is 14.6 Å². The number of rotatable bonds is 5. The Balaban J connectivity index is 1.71. The van der Waals surface area contributed by atoms with E-state index in [0.29, 0.717) is 5.52 Å². The zero-order chi connectivity index (χ0) is 20.0. The van der Waals surface area contributed by atoms with Crippen molar-refractivity contribution in [3.8, 4) is 0 Å². The number of hydrogen-bond donors (Lipinski definition) is 1. The summed E-state index contributed by atoms with van der Waals surface area (Å²) in [5, 5.41) is 2.61. The molecule has 1 aliphatic heterocycles. The minimum absolute atomic E-state index is 0.0626. The Bertz CT molecular complexity index is 1100. The van der Waals surface area contributed by atoms with Gasteiger partial charge in [0.1, 0.15) is 0 Å². The van der Waals surface area contributed by atoms with Gasteiger partial charge in [-0.3, -0.25) is 4.79 Å². The van der Waals surface area contributed by atoms with E-state index in [0.717, 1.165) is 14.0 Å². The van der Waals surface area contributed by atoms with Crippen molar-refractivity contribution >= 4 is 58.9 Å². The van der Waals surface area contributed by atoms with Crippen LogP contribution in [0.4, 0.5) is 0 Å². The van der Waals surface area contributed by atoms with Gasteiger partial charge in [0.2, 0.25) is 15.9 Å². The van der Waals surface area contributed by atoms with E-state index in [1.807, 2.05) is 6.92 Å². The Labute approximate surface area is 166 Å². The summed E-state index contributed by atoms with van der Waals surface area (Å²) in [5.74, 6) is -1.06. The first kappa shape index (κ1) is 20.5. The fraction of sp³-hybridized carbons (Fsp3) is 0.467. The number of aryl methyl sites for hydroxylation is 1. The van der Waals surface area contributed by atoms with Crippen molar-refractivity contribution in [2.75, 3.05) is 25.1 Å². The molecule has 12 heteroatoms. The topological polar surface area (TPSA) is 114 Å². The number of carbonyl (C=O) groups excluding carboxylic acids is 1. The molecule has 0 radical (unpaired) electrons. The summed E-state index contributed by atoms with van der Waals surface area (Å²) < 4.78 is 50.2. The number of thiazole rings is 1. The quantitative estimate of drug-likeness (QED) is 0.671. The summed E-state index contributed by atoms with van der Waals surface area (Å²) >= 11 is 7.34. The molecule has 2 heterocycles. The number of alkyl halides is 1. The molecule has 1 aromatic carbocycles. The number of halogens is 1. The average Bonchev–Trinajstić information content (AvgIpc) is 3.03.